The van der Waals surface area contributed by atoms with E-state index in [9.17, 15) is 0 Å². The van der Waals surface area contributed by atoms with Crippen LogP contribution in [0.4, 0.5) is 34.1 Å². The molecule has 624 valence electrons. The Morgan fingerprint density at radius 1 is 0.152 bits per heavy atom. The third kappa shape index (κ3) is 13.1. The quantitative estimate of drug-likeness (QED) is 0.108. The minimum atomic E-state index is -0.119. The number of anilines is 6. The smallest absolute Gasteiger partial charge is 0.143 e. The summed E-state index contributed by atoms with van der Waals surface area (Å²) < 4.78 is 25.0. The predicted molar refractivity (Wildman–Crippen MR) is 550 cm³/mol. The number of nitrogens with zero attached hydrogens (tertiary/aromatic N) is 2. The molecular formula is C126H86N2O4. The topological polar surface area (TPSA) is 59.0 Å². The normalized spacial score (nSPS) is 12.8. The highest BCUT2D eigenvalue weighted by Crippen LogP contribution is 2.54. The molecule has 0 N–H and O–H groups in total. The van der Waals surface area contributed by atoms with Gasteiger partial charge in [0, 0.05) is 99.2 Å². The highest BCUT2D eigenvalue weighted by molar-refractivity contribution is 6.12. The second-order valence-corrected chi connectivity index (χ2v) is 36.1. The second kappa shape index (κ2) is 31.0. The monoisotopic (exact) mass is 1690 g/mol. The Morgan fingerprint density at radius 2 is 0.379 bits per heavy atom. The van der Waals surface area contributed by atoms with Crippen molar-refractivity contribution in [3.05, 3.63) is 471 Å². The number of hydrogen-bond acceptors (Lipinski definition) is 6. The largest absolute Gasteiger partial charge is 0.456 e. The Bertz CT molecular complexity index is 8640. The molecule has 0 amide bonds. The number of rotatable bonds is 14. The first-order valence-electron chi connectivity index (χ1n) is 45.4. The molecule has 0 saturated heterocycles. The van der Waals surface area contributed by atoms with Crippen LogP contribution in [0.3, 0.4) is 0 Å². The van der Waals surface area contributed by atoms with Crippen molar-refractivity contribution in [3.63, 3.8) is 0 Å². The van der Waals surface area contributed by atoms with Gasteiger partial charge in [-0.05, 0) is 244 Å². The lowest BCUT2D eigenvalue weighted by molar-refractivity contribution is 0.660. The SMILES string of the molecule is CC1(C)c2ccccc2-c2ccc(N(c3ccc(-c4ccc(-c5ccc(-c6ccc7oc8ccccc8c7c6)cc5)cc4)cc3)c3ccc(-c4cccc5c4oc4ccccc45)cc3)cc21.CC1(C)c2ccccc2-c2ccc(N(c3ccc(-c4ccc(-c5ccc(-c6cccc7c6oc6ccccc67)cc5)cc4)cc3)c3ccc(-c4ccc5oc6ccccc6c5c4)cc3)cc21. The van der Waals surface area contributed by atoms with Crippen LogP contribution in [0.15, 0.2) is 467 Å². The molecule has 0 fully saturated rings. The molecule has 0 unspecified atom stereocenters. The van der Waals surface area contributed by atoms with Crippen molar-refractivity contribution in [1.29, 1.82) is 0 Å². The van der Waals surface area contributed by atoms with Crippen LogP contribution in [0, 0.1) is 0 Å². The molecule has 6 nitrogen and oxygen atoms in total. The Morgan fingerprint density at radius 3 is 0.720 bits per heavy atom. The molecule has 0 bridgehead atoms. The lowest BCUT2D eigenvalue weighted by Crippen LogP contribution is -2.16. The van der Waals surface area contributed by atoms with Crippen LogP contribution in [-0.2, 0) is 10.8 Å². The van der Waals surface area contributed by atoms with Gasteiger partial charge < -0.3 is 27.5 Å². The molecule has 20 aromatic carbocycles. The van der Waals surface area contributed by atoms with Crippen LogP contribution < -0.4 is 9.80 Å². The first kappa shape index (κ1) is 77.5. The zero-order valence-corrected chi connectivity index (χ0v) is 73.3. The zero-order valence-electron chi connectivity index (χ0n) is 73.3. The molecule has 2 aliphatic carbocycles. The Balaban J connectivity index is 0.000000142. The van der Waals surface area contributed by atoms with Crippen LogP contribution in [0.2, 0.25) is 0 Å². The molecule has 26 rings (SSSR count). The summed E-state index contributed by atoms with van der Waals surface area (Å²) in [6, 6.07) is 162. The minimum absolute atomic E-state index is 0.116. The van der Waals surface area contributed by atoms with Crippen LogP contribution in [0.25, 0.3) is 199 Å². The number of fused-ring (bicyclic) bond motifs is 18. The van der Waals surface area contributed by atoms with E-state index in [1.54, 1.807) is 0 Å². The molecular weight excluding hydrogens is 1610 g/mol. The maximum absolute atomic E-state index is 6.44. The molecule has 2 aliphatic rings. The molecule has 24 aromatic rings. The standard InChI is InChI=1S/2C63H43NO2/c1-63(2)57-15-6-3-10-51(57)52-36-35-49(39-58(52)63)64(48-33-28-45(29-34-48)50-13-9-14-55-53-11-4-8-17-60(53)66-62(50)55)47-31-26-43(27-32-47)42-20-18-40(19-21-42)41-22-24-44(25-23-41)46-30-37-61-56(38-46)54-12-5-7-16-59(54)65-61;1-63(2)57-15-6-3-10-51(57)52-36-35-49(39-58(52)63)64(48-33-28-44(29-34-48)46-30-37-61-56(38-46)54-12-5-7-16-59(54)65-61)47-31-26-43(27-32-47)41-20-18-40(19-21-41)42-22-24-45(25-23-42)50-13-9-14-55-53-11-4-8-17-60(53)66-62(50)55/h2*3-39H,1-2H3. The van der Waals surface area contributed by atoms with Gasteiger partial charge in [0.2, 0.25) is 0 Å². The Labute approximate surface area is 765 Å². The number of furan rings is 4. The van der Waals surface area contributed by atoms with Gasteiger partial charge in [-0.2, -0.15) is 0 Å². The number of para-hydroxylation sites is 6. The van der Waals surface area contributed by atoms with Gasteiger partial charge in [-0.3, -0.25) is 0 Å². The average Bonchev–Trinajstić information content (AvgIpc) is 1.58. The third-order valence-corrected chi connectivity index (χ3v) is 27.9. The number of benzene rings is 20. The number of hydrogen-bond donors (Lipinski definition) is 0. The van der Waals surface area contributed by atoms with E-state index in [0.717, 1.165) is 155 Å². The van der Waals surface area contributed by atoms with E-state index in [0.29, 0.717) is 0 Å². The maximum atomic E-state index is 6.44. The fourth-order valence-corrected chi connectivity index (χ4v) is 20.9. The van der Waals surface area contributed by atoms with E-state index < -0.39 is 0 Å². The highest BCUT2D eigenvalue weighted by Gasteiger charge is 2.38. The zero-order chi connectivity index (χ0) is 87.9. The molecule has 132 heavy (non-hydrogen) atoms. The Hall–Kier alpha value is -16.8. The van der Waals surface area contributed by atoms with Crippen LogP contribution in [0.1, 0.15) is 49.9 Å². The van der Waals surface area contributed by atoms with Gasteiger partial charge in [0.05, 0.1) is 0 Å². The van der Waals surface area contributed by atoms with Gasteiger partial charge in [-0.25, -0.2) is 0 Å². The second-order valence-electron chi connectivity index (χ2n) is 36.1. The van der Waals surface area contributed by atoms with Crippen molar-refractivity contribution in [2.24, 2.45) is 0 Å². The summed E-state index contributed by atoms with van der Waals surface area (Å²) in [5.74, 6) is 0. The Kier molecular flexibility index (Phi) is 18.2. The average molecular weight is 1690 g/mol. The molecule has 0 radical (unpaired) electrons. The fraction of sp³-hybridized carbons (Fsp3) is 0.0476. The van der Waals surface area contributed by atoms with E-state index in [1.807, 2.05) is 48.5 Å². The van der Waals surface area contributed by atoms with Crippen LogP contribution in [0.5, 0.6) is 0 Å². The predicted octanol–water partition coefficient (Wildman–Crippen LogP) is 35.9. The van der Waals surface area contributed by atoms with Crippen molar-refractivity contribution < 1.29 is 17.7 Å². The summed E-state index contributed by atoms with van der Waals surface area (Å²) in [4.78, 5) is 4.78. The maximum Gasteiger partial charge on any atom is 0.143 e. The molecule has 0 atom stereocenters. The van der Waals surface area contributed by atoms with Gasteiger partial charge in [0.25, 0.3) is 0 Å². The molecule has 0 aliphatic heterocycles. The van der Waals surface area contributed by atoms with E-state index >= 15 is 0 Å². The molecule has 0 saturated carbocycles. The lowest BCUT2D eigenvalue weighted by Gasteiger charge is -2.28. The van der Waals surface area contributed by atoms with Crippen LogP contribution >= 0.6 is 0 Å². The molecule has 6 heteroatoms. The van der Waals surface area contributed by atoms with Gasteiger partial charge in [-0.15, -0.1) is 0 Å². The molecule has 4 heterocycles. The first-order chi connectivity index (χ1) is 64.9. The summed E-state index contributed by atoms with van der Waals surface area (Å²) in [5.41, 5.74) is 43.0. The van der Waals surface area contributed by atoms with Gasteiger partial charge in [0.1, 0.15) is 44.7 Å². The highest BCUT2D eigenvalue weighted by atomic mass is 16.3. The first-order valence-corrected chi connectivity index (χ1v) is 45.4. The summed E-state index contributed by atoms with van der Waals surface area (Å²) >= 11 is 0. The van der Waals surface area contributed by atoms with E-state index in [1.165, 1.54) is 100 Å². The van der Waals surface area contributed by atoms with Crippen molar-refractivity contribution in [2.45, 2.75) is 38.5 Å². The van der Waals surface area contributed by atoms with E-state index in [4.69, 9.17) is 17.7 Å². The minimum Gasteiger partial charge on any atom is -0.456 e. The van der Waals surface area contributed by atoms with Gasteiger partial charge in [-0.1, -0.05) is 355 Å². The summed E-state index contributed by atoms with van der Waals surface area (Å²) in [5, 5.41) is 9.12. The lowest BCUT2D eigenvalue weighted by atomic mass is 9.82. The van der Waals surface area contributed by atoms with E-state index in [2.05, 4.69) is 438 Å². The molecule has 0 spiro atoms. The van der Waals surface area contributed by atoms with Crippen molar-refractivity contribution in [3.8, 4) is 111 Å². The van der Waals surface area contributed by atoms with Gasteiger partial charge in [0.15, 0.2) is 0 Å². The van der Waals surface area contributed by atoms with Gasteiger partial charge >= 0.3 is 0 Å². The van der Waals surface area contributed by atoms with Crippen molar-refractivity contribution >= 4 is 122 Å². The fourth-order valence-electron chi connectivity index (χ4n) is 20.9. The third-order valence-electron chi connectivity index (χ3n) is 27.9. The molecule has 4 aromatic heterocycles. The van der Waals surface area contributed by atoms with Crippen molar-refractivity contribution in [2.75, 3.05) is 9.80 Å². The van der Waals surface area contributed by atoms with Crippen LogP contribution in [-0.4, -0.2) is 0 Å². The summed E-state index contributed by atoms with van der Waals surface area (Å²) in [7, 11) is 0. The van der Waals surface area contributed by atoms with E-state index in [-0.39, 0.29) is 10.8 Å². The summed E-state index contributed by atoms with van der Waals surface area (Å²) in [6.45, 7) is 9.39. The summed E-state index contributed by atoms with van der Waals surface area (Å²) in [6.07, 6.45) is 0. The van der Waals surface area contributed by atoms with Crippen molar-refractivity contribution in [1.82, 2.24) is 0 Å².